The molecule has 5 aromatic rings. The minimum absolute atomic E-state index is 0.103. The summed E-state index contributed by atoms with van der Waals surface area (Å²) in [6.07, 6.45) is 10.6. The number of nitrogens with zero attached hydrogens (tertiary/aromatic N) is 1. The first-order valence-electron chi connectivity index (χ1n) is 17.9. The molecule has 0 aromatic heterocycles. The van der Waals surface area contributed by atoms with Crippen molar-refractivity contribution in [3.05, 3.63) is 160 Å². The summed E-state index contributed by atoms with van der Waals surface area (Å²) in [5.41, 5.74) is 3.72. The molecule has 5 heteroatoms. The molecule has 2 atom stereocenters. The van der Waals surface area contributed by atoms with Crippen LogP contribution in [0.4, 0.5) is 0 Å². The van der Waals surface area contributed by atoms with Crippen LogP contribution in [0.2, 0.25) is 10.0 Å². The van der Waals surface area contributed by atoms with E-state index in [0.717, 1.165) is 25.7 Å². The van der Waals surface area contributed by atoms with E-state index in [1.165, 1.54) is 64.4 Å². The standard InChI is InChI=1S/C44H48Cl2NOP/c1-47(43-31-29-38(39-25-16-17-26-40(39)43)34-28-30-41(45)42(46)33-34)44(48)27-15-4-2-3-5-18-32-49(35-19-9-6-10-20-35,36-21-11-7-12-22-36)37-23-13-8-14-24-37/h6-14,16-17,19-26,28,30,33,38,43,49H,2-5,15,18,27,29,31-32H2,1H3/t38-,43-/m0/s1. The normalized spacial score (nSPS) is 16.1. The molecule has 6 rings (SSSR count). The van der Waals surface area contributed by atoms with Crippen LogP contribution in [0.15, 0.2) is 133 Å². The molecule has 254 valence electrons. The molecule has 0 saturated heterocycles. The molecule has 0 saturated carbocycles. The molecule has 2 nitrogen and oxygen atoms in total. The fourth-order valence-corrected chi connectivity index (χ4v) is 13.3. The molecule has 5 aromatic carbocycles. The van der Waals surface area contributed by atoms with Crippen molar-refractivity contribution in [2.75, 3.05) is 13.2 Å². The second-order valence-corrected chi connectivity index (χ2v) is 18.4. The Bertz CT molecular complexity index is 1700. The van der Waals surface area contributed by atoms with E-state index in [4.69, 9.17) is 23.2 Å². The number of fused-ring (bicyclic) bond motifs is 1. The Morgan fingerprint density at radius 3 is 1.69 bits per heavy atom. The van der Waals surface area contributed by atoms with Crippen LogP contribution in [-0.4, -0.2) is 24.0 Å². The number of rotatable bonds is 14. The van der Waals surface area contributed by atoms with E-state index >= 15 is 0 Å². The average molecular weight is 709 g/mol. The zero-order valence-corrected chi connectivity index (χ0v) is 31.1. The first kappa shape index (κ1) is 35.4. The summed E-state index contributed by atoms with van der Waals surface area (Å²) in [4.78, 5) is 15.4. The molecule has 0 radical (unpaired) electrons. The van der Waals surface area contributed by atoms with E-state index in [1.54, 1.807) is 0 Å². The van der Waals surface area contributed by atoms with Gasteiger partial charge in [-0.05, 0) is 29.7 Å². The molecule has 0 heterocycles. The Morgan fingerprint density at radius 2 is 1.12 bits per heavy atom. The predicted molar refractivity (Wildman–Crippen MR) is 213 cm³/mol. The van der Waals surface area contributed by atoms with Gasteiger partial charge in [-0.1, -0.05) is 53.5 Å². The van der Waals surface area contributed by atoms with E-state index in [-0.39, 0.29) is 17.9 Å². The molecular formula is C44H48Cl2NOP. The Kier molecular flexibility index (Phi) is 12.3. The van der Waals surface area contributed by atoms with Crippen molar-refractivity contribution in [1.82, 2.24) is 4.90 Å². The van der Waals surface area contributed by atoms with Gasteiger partial charge in [0.15, 0.2) is 0 Å². The third kappa shape index (κ3) is 8.15. The Labute approximate surface area is 303 Å². The summed E-state index contributed by atoms with van der Waals surface area (Å²) in [6.45, 7) is 0. The van der Waals surface area contributed by atoms with Crippen LogP contribution in [0.1, 0.15) is 86.4 Å². The van der Waals surface area contributed by atoms with Gasteiger partial charge in [0.05, 0.1) is 10.0 Å². The van der Waals surface area contributed by atoms with Crippen LogP contribution in [0.5, 0.6) is 0 Å². The summed E-state index contributed by atoms with van der Waals surface area (Å²) in [7, 11) is -0.167. The van der Waals surface area contributed by atoms with Crippen LogP contribution in [-0.2, 0) is 4.79 Å². The third-order valence-electron chi connectivity index (χ3n) is 10.7. The van der Waals surface area contributed by atoms with Crippen LogP contribution < -0.4 is 15.9 Å². The van der Waals surface area contributed by atoms with Gasteiger partial charge >= 0.3 is 206 Å². The maximum atomic E-state index is 13.4. The number of carbonyl (C=O) groups excluding carboxylic acids is 1. The Hall–Kier alpha value is -3.42. The van der Waals surface area contributed by atoms with Gasteiger partial charge in [-0.2, -0.15) is 0 Å². The quantitative estimate of drug-likeness (QED) is 0.0831. The average Bonchev–Trinajstić information content (AvgIpc) is 3.15. The van der Waals surface area contributed by atoms with Crippen LogP contribution in [0.25, 0.3) is 0 Å². The Balaban J connectivity index is 1.01. The smallest absolute Gasteiger partial charge is 0.0827 e. The van der Waals surface area contributed by atoms with E-state index < -0.39 is 7.26 Å². The molecule has 1 aliphatic rings. The Morgan fingerprint density at radius 1 is 0.612 bits per heavy atom. The van der Waals surface area contributed by atoms with Gasteiger partial charge in [0.1, 0.15) is 0 Å². The molecule has 0 fully saturated rings. The van der Waals surface area contributed by atoms with E-state index in [1.807, 2.05) is 24.1 Å². The number of hydrogen-bond acceptors (Lipinski definition) is 1. The first-order chi connectivity index (χ1) is 24.0. The second-order valence-electron chi connectivity index (χ2n) is 13.6. The summed E-state index contributed by atoms with van der Waals surface area (Å²) in [5.74, 6) is 0.503. The molecule has 1 aliphatic carbocycles. The van der Waals surface area contributed by atoms with Gasteiger partial charge < -0.3 is 0 Å². The molecule has 0 unspecified atom stereocenters. The number of unbranched alkanes of at least 4 members (excludes halogenated alkanes) is 5. The molecule has 0 bridgehead atoms. The predicted octanol–water partition coefficient (Wildman–Crippen LogP) is 10.9. The number of benzene rings is 5. The second kappa shape index (κ2) is 17.0. The van der Waals surface area contributed by atoms with Crippen molar-refractivity contribution in [3.8, 4) is 0 Å². The minimum atomic E-state index is -2.16. The fourth-order valence-electron chi connectivity index (χ4n) is 8.07. The molecular weight excluding hydrogens is 660 g/mol. The summed E-state index contributed by atoms with van der Waals surface area (Å²) < 4.78 is 0. The molecule has 0 spiro atoms. The van der Waals surface area contributed by atoms with Crippen molar-refractivity contribution < 1.29 is 4.79 Å². The van der Waals surface area contributed by atoms with Crippen molar-refractivity contribution in [1.29, 1.82) is 0 Å². The number of halogens is 2. The molecule has 1 amide bonds. The number of carbonyl (C=O) groups is 1. The zero-order valence-electron chi connectivity index (χ0n) is 28.5. The molecule has 0 N–H and O–H groups in total. The van der Waals surface area contributed by atoms with E-state index in [0.29, 0.717) is 16.5 Å². The van der Waals surface area contributed by atoms with Crippen molar-refractivity contribution in [3.63, 3.8) is 0 Å². The molecule has 0 aliphatic heterocycles. The van der Waals surface area contributed by atoms with Gasteiger partial charge in [0.25, 0.3) is 0 Å². The van der Waals surface area contributed by atoms with E-state index in [9.17, 15) is 4.79 Å². The fraction of sp³-hybridized carbons (Fsp3) is 0.295. The van der Waals surface area contributed by atoms with Gasteiger partial charge in [0.2, 0.25) is 0 Å². The summed E-state index contributed by atoms with van der Waals surface area (Å²) in [5, 5.41) is 5.63. The maximum absolute atomic E-state index is 13.4. The number of hydrogen-bond donors (Lipinski definition) is 0. The summed E-state index contributed by atoms with van der Waals surface area (Å²) >= 11 is 12.6. The molecule has 49 heavy (non-hydrogen) atoms. The first-order valence-corrected chi connectivity index (χ1v) is 20.9. The van der Waals surface area contributed by atoms with Gasteiger partial charge in [-0.3, -0.25) is 0 Å². The van der Waals surface area contributed by atoms with Gasteiger partial charge in [-0.15, -0.1) is 0 Å². The van der Waals surface area contributed by atoms with E-state index in [2.05, 4.69) is 121 Å². The number of amides is 1. The monoisotopic (exact) mass is 707 g/mol. The SMILES string of the molecule is CN(C(=O)CCCCCCCC[PH](c1ccccc1)(c1ccccc1)c1ccccc1)[C@H]1CC[C@@H](c2ccc(Cl)c(Cl)c2)c2ccccc21. The minimum Gasteiger partial charge on any atom is -0.0827 e. The van der Waals surface area contributed by atoms with Crippen LogP contribution in [0, 0.1) is 0 Å². The summed E-state index contributed by atoms with van der Waals surface area (Å²) in [6, 6.07) is 48.3. The van der Waals surface area contributed by atoms with Crippen molar-refractivity contribution >= 4 is 52.3 Å². The van der Waals surface area contributed by atoms with Crippen molar-refractivity contribution in [2.45, 2.75) is 69.7 Å². The van der Waals surface area contributed by atoms with Crippen LogP contribution >= 0.6 is 30.5 Å². The van der Waals surface area contributed by atoms with Gasteiger partial charge in [-0.25, -0.2) is 0 Å². The topological polar surface area (TPSA) is 20.3 Å². The third-order valence-corrected chi connectivity index (χ3v) is 16.5. The van der Waals surface area contributed by atoms with Crippen molar-refractivity contribution in [2.24, 2.45) is 0 Å². The van der Waals surface area contributed by atoms with Crippen LogP contribution in [0.3, 0.4) is 0 Å². The van der Waals surface area contributed by atoms with Gasteiger partial charge in [0, 0.05) is 5.92 Å². The zero-order chi connectivity index (χ0) is 34.1.